The number of carbonyl (C=O) groups excluding carboxylic acids is 1. The van der Waals surface area contributed by atoms with Gasteiger partial charge in [0.25, 0.3) is 0 Å². The molecule has 1 aliphatic rings. The second kappa shape index (κ2) is 10.2. The Labute approximate surface area is 209 Å². The van der Waals surface area contributed by atoms with Gasteiger partial charge < -0.3 is 25.4 Å². The maximum atomic E-state index is 12.3. The van der Waals surface area contributed by atoms with Gasteiger partial charge in [0, 0.05) is 48.4 Å². The van der Waals surface area contributed by atoms with Crippen LogP contribution in [0, 0.1) is 5.41 Å². The van der Waals surface area contributed by atoms with Gasteiger partial charge in [-0.2, -0.15) is 0 Å². The third-order valence-corrected chi connectivity index (χ3v) is 7.01. The summed E-state index contributed by atoms with van der Waals surface area (Å²) in [6.45, 7) is 17.5. The number of amides is 1. The topological polar surface area (TPSA) is 99.6 Å². The minimum absolute atomic E-state index is 0.209. The number of rotatable bonds is 7. The third-order valence-electron chi connectivity index (χ3n) is 7.01. The maximum Gasteiger partial charge on any atom is 0.410 e. The van der Waals surface area contributed by atoms with Crippen LogP contribution in [0.2, 0.25) is 0 Å². The van der Waals surface area contributed by atoms with Crippen molar-refractivity contribution in [1.29, 1.82) is 0 Å². The van der Waals surface area contributed by atoms with Gasteiger partial charge in [0.1, 0.15) is 5.60 Å². The zero-order valence-electron chi connectivity index (χ0n) is 22.7. The Kier molecular flexibility index (Phi) is 7.84. The number of nitrogens with one attached hydrogen (secondary N) is 2. The molecule has 2 aromatic rings. The van der Waals surface area contributed by atoms with Crippen LogP contribution in [0.5, 0.6) is 0 Å². The smallest absolute Gasteiger partial charge is 0.410 e. The van der Waals surface area contributed by atoms with E-state index in [1.54, 1.807) is 4.90 Å². The molecule has 0 atom stereocenters. The highest BCUT2D eigenvalue weighted by atomic mass is 16.6. The van der Waals surface area contributed by atoms with Crippen LogP contribution >= 0.6 is 0 Å². The van der Waals surface area contributed by atoms with Gasteiger partial charge in [-0.05, 0) is 71.6 Å². The molecule has 1 amide bonds. The summed E-state index contributed by atoms with van der Waals surface area (Å²) in [5.74, 6) is 0.617. The first kappa shape index (κ1) is 27.0. The molecule has 0 bridgehead atoms. The van der Waals surface area contributed by atoms with E-state index >= 15 is 0 Å². The van der Waals surface area contributed by atoms with E-state index in [1.807, 2.05) is 40.8 Å². The lowest BCUT2D eigenvalue weighted by molar-refractivity contribution is -0.0270. The molecule has 3 N–H and O–H groups in total. The van der Waals surface area contributed by atoms with Gasteiger partial charge in [0.2, 0.25) is 5.95 Å². The molecule has 1 aliphatic heterocycles. The summed E-state index contributed by atoms with van der Waals surface area (Å²) in [6, 6.07) is 4.41. The number of carbonyl (C=O) groups is 1. The van der Waals surface area contributed by atoms with Crippen LogP contribution in [0.15, 0.2) is 18.3 Å². The van der Waals surface area contributed by atoms with Gasteiger partial charge in [0.15, 0.2) is 0 Å². The fourth-order valence-corrected chi connectivity index (χ4v) is 3.92. The number of ether oxygens (including phenoxy) is 1. The Hall–Kier alpha value is -2.61. The van der Waals surface area contributed by atoms with Crippen molar-refractivity contribution >= 4 is 28.6 Å². The van der Waals surface area contributed by atoms with Crippen LogP contribution in [0.4, 0.5) is 16.4 Å². The second-order valence-corrected chi connectivity index (χ2v) is 11.8. The van der Waals surface area contributed by atoms with Gasteiger partial charge in [-0.25, -0.2) is 14.8 Å². The fourth-order valence-electron chi connectivity index (χ4n) is 3.92. The number of hydrogen-bond acceptors (Lipinski definition) is 7. The number of hydrogen-bond donors (Lipinski definition) is 3. The normalized spacial score (nSPS) is 15.9. The standard InChI is InChI=1S/C27H43N5O3/c1-9-18-14-21(29-17-26(5,6)27(7,8)34)15-19-16-28-23(31-22(18)19)30-20-10-12-32(13-11-20)24(33)35-25(2,3)4/h14-16,20,29,34H,9-13,17H2,1-8H3,(H,28,30,31). The van der Waals surface area contributed by atoms with Crippen LogP contribution in [0.3, 0.4) is 0 Å². The molecule has 1 fully saturated rings. The molecule has 8 nitrogen and oxygen atoms in total. The molecule has 35 heavy (non-hydrogen) atoms. The van der Waals surface area contributed by atoms with E-state index in [0.29, 0.717) is 25.6 Å². The summed E-state index contributed by atoms with van der Waals surface area (Å²) >= 11 is 0. The molecule has 0 radical (unpaired) electrons. The van der Waals surface area contributed by atoms with E-state index in [2.05, 4.69) is 48.5 Å². The number of aliphatic hydroxyl groups is 1. The summed E-state index contributed by atoms with van der Waals surface area (Å²) in [7, 11) is 0. The SMILES string of the molecule is CCc1cc(NCC(C)(C)C(C)(C)O)cc2cnc(NC3CCN(C(=O)OC(C)(C)C)CC3)nc12. The largest absolute Gasteiger partial charge is 0.444 e. The zero-order valence-corrected chi connectivity index (χ0v) is 22.7. The highest BCUT2D eigenvalue weighted by Gasteiger charge is 2.34. The van der Waals surface area contributed by atoms with Gasteiger partial charge >= 0.3 is 6.09 Å². The monoisotopic (exact) mass is 485 g/mol. The third kappa shape index (κ3) is 6.97. The number of aromatic nitrogens is 2. The number of aryl methyl sites for hydroxylation is 1. The van der Waals surface area contributed by atoms with E-state index in [0.717, 1.165) is 41.4 Å². The average molecular weight is 486 g/mol. The molecule has 0 unspecified atom stereocenters. The molecule has 1 aromatic heterocycles. The number of piperidine rings is 1. The van der Waals surface area contributed by atoms with Crippen LogP contribution in [-0.2, 0) is 11.2 Å². The van der Waals surface area contributed by atoms with E-state index in [4.69, 9.17) is 9.72 Å². The molecular weight excluding hydrogens is 442 g/mol. The number of fused-ring (bicyclic) bond motifs is 1. The van der Waals surface area contributed by atoms with Crippen molar-refractivity contribution in [3.05, 3.63) is 23.9 Å². The van der Waals surface area contributed by atoms with Crippen molar-refractivity contribution in [1.82, 2.24) is 14.9 Å². The van der Waals surface area contributed by atoms with Crippen LogP contribution in [-0.4, -0.2) is 62.9 Å². The summed E-state index contributed by atoms with van der Waals surface area (Å²) in [5, 5.41) is 18.4. The molecule has 8 heteroatoms. The first-order valence-corrected chi connectivity index (χ1v) is 12.7. The number of anilines is 2. The lowest BCUT2D eigenvalue weighted by atomic mass is 9.77. The van der Waals surface area contributed by atoms with Gasteiger partial charge in [-0.15, -0.1) is 0 Å². The van der Waals surface area contributed by atoms with Crippen molar-refractivity contribution < 1.29 is 14.6 Å². The molecule has 194 valence electrons. The minimum atomic E-state index is -0.794. The average Bonchev–Trinajstić information content (AvgIpc) is 2.76. The number of nitrogens with zero attached hydrogens (tertiary/aromatic N) is 3. The van der Waals surface area contributed by atoms with Crippen molar-refractivity contribution in [3.63, 3.8) is 0 Å². The van der Waals surface area contributed by atoms with Crippen molar-refractivity contribution in [2.75, 3.05) is 30.3 Å². The van der Waals surface area contributed by atoms with E-state index in [1.165, 1.54) is 0 Å². The quantitative estimate of drug-likeness (QED) is 0.495. The highest BCUT2D eigenvalue weighted by molar-refractivity contribution is 5.86. The Morgan fingerprint density at radius 1 is 1.14 bits per heavy atom. The van der Waals surface area contributed by atoms with Crippen molar-refractivity contribution in [2.45, 2.75) is 91.9 Å². The van der Waals surface area contributed by atoms with E-state index < -0.39 is 11.2 Å². The summed E-state index contributed by atoms with van der Waals surface area (Å²) in [4.78, 5) is 23.5. The molecule has 1 aromatic carbocycles. The fraction of sp³-hybridized carbons (Fsp3) is 0.667. The number of benzene rings is 1. The van der Waals surface area contributed by atoms with Crippen LogP contribution in [0.25, 0.3) is 10.9 Å². The lowest BCUT2D eigenvalue weighted by Crippen LogP contribution is -2.44. The van der Waals surface area contributed by atoms with Crippen LogP contribution in [0.1, 0.15) is 73.8 Å². The minimum Gasteiger partial charge on any atom is -0.444 e. The molecule has 0 spiro atoms. The Balaban J connectivity index is 1.67. The maximum absolute atomic E-state index is 12.3. The molecule has 1 saturated heterocycles. The van der Waals surface area contributed by atoms with Crippen molar-refractivity contribution in [3.8, 4) is 0 Å². The zero-order chi connectivity index (χ0) is 26.0. The predicted molar refractivity (Wildman–Crippen MR) is 142 cm³/mol. The Morgan fingerprint density at radius 2 is 1.80 bits per heavy atom. The molecule has 3 rings (SSSR count). The first-order chi connectivity index (χ1) is 16.2. The van der Waals surface area contributed by atoms with Gasteiger partial charge in [-0.1, -0.05) is 20.8 Å². The van der Waals surface area contributed by atoms with Gasteiger partial charge in [0.05, 0.1) is 11.1 Å². The van der Waals surface area contributed by atoms with E-state index in [-0.39, 0.29) is 17.6 Å². The highest BCUT2D eigenvalue weighted by Crippen LogP contribution is 2.31. The number of likely N-dealkylation sites (tertiary alicyclic amines) is 1. The molecule has 0 aliphatic carbocycles. The Bertz CT molecular complexity index is 1030. The van der Waals surface area contributed by atoms with E-state index in [9.17, 15) is 9.90 Å². The summed E-state index contributed by atoms with van der Waals surface area (Å²) < 4.78 is 5.49. The molecule has 0 saturated carbocycles. The van der Waals surface area contributed by atoms with Gasteiger partial charge in [-0.3, -0.25) is 0 Å². The second-order valence-electron chi connectivity index (χ2n) is 11.8. The molecule has 2 heterocycles. The summed E-state index contributed by atoms with van der Waals surface area (Å²) in [5.41, 5.74) is 1.53. The molecular formula is C27H43N5O3. The Morgan fingerprint density at radius 3 is 2.37 bits per heavy atom. The first-order valence-electron chi connectivity index (χ1n) is 12.7. The predicted octanol–water partition coefficient (Wildman–Crippen LogP) is 5.21. The lowest BCUT2D eigenvalue weighted by Gasteiger charge is -2.37. The summed E-state index contributed by atoms with van der Waals surface area (Å²) in [6.07, 6.45) is 4.11. The van der Waals surface area contributed by atoms with Crippen LogP contribution < -0.4 is 10.6 Å². The van der Waals surface area contributed by atoms with Crippen molar-refractivity contribution in [2.24, 2.45) is 5.41 Å².